The molecule has 1 aliphatic rings. The van der Waals surface area contributed by atoms with Crippen molar-refractivity contribution < 1.29 is 9.52 Å². The molecule has 11 heteroatoms. The average Bonchev–Trinajstić information content (AvgIpc) is 3.27. The maximum Gasteiger partial charge on any atom is 0.343 e. The fraction of sp³-hybridized carbons (Fsp3) is 0.323. The van der Waals surface area contributed by atoms with E-state index in [0.717, 1.165) is 29.4 Å². The summed E-state index contributed by atoms with van der Waals surface area (Å²) in [6.45, 7) is 11.0. The first-order chi connectivity index (χ1) is 18.9. The van der Waals surface area contributed by atoms with Crippen molar-refractivity contribution in [2.24, 2.45) is 10.8 Å². The van der Waals surface area contributed by atoms with Gasteiger partial charge in [-0.2, -0.15) is 5.10 Å². The molecule has 0 radical (unpaired) electrons. The van der Waals surface area contributed by atoms with Gasteiger partial charge in [0.1, 0.15) is 35.4 Å². The van der Waals surface area contributed by atoms with Crippen LogP contribution in [0.1, 0.15) is 64.8 Å². The molecule has 4 aromatic heterocycles. The van der Waals surface area contributed by atoms with Crippen LogP contribution in [0.25, 0.3) is 38.6 Å². The summed E-state index contributed by atoms with van der Waals surface area (Å²) >= 11 is 0. The van der Waals surface area contributed by atoms with Gasteiger partial charge in [0.25, 0.3) is 0 Å². The van der Waals surface area contributed by atoms with Gasteiger partial charge in [0.15, 0.2) is 5.65 Å². The van der Waals surface area contributed by atoms with E-state index in [0.29, 0.717) is 33.4 Å². The van der Waals surface area contributed by atoms with Crippen LogP contribution in [0.3, 0.4) is 0 Å². The Morgan fingerprint density at radius 1 is 1.07 bits per heavy atom. The highest BCUT2D eigenvalue weighted by atomic mass is 35.5. The van der Waals surface area contributed by atoms with Gasteiger partial charge in [0.2, 0.25) is 0 Å². The van der Waals surface area contributed by atoms with E-state index in [1.807, 2.05) is 31.2 Å². The number of nitrogen functional groups attached to an aromatic ring is 1. The van der Waals surface area contributed by atoms with Crippen LogP contribution < -0.4 is 11.4 Å². The summed E-state index contributed by atoms with van der Waals surface area (Å²) < 4.78 is 7.87. The van der Waals surface area contributed by atoms with Crippen molar-refractivity contribution in [2.45, 2.75) is 53.5 Å². The average molecular weight is 610 g/mol. The molecule has 0 aliphatic heterocycles. The Morgan fingerprint density at radius 3 is 2.48 bits per heavy atom. The molecule has 6 rings (SSSR count). The lowest BCUT2D eigenvalue weighted by molar-refractivity contribution is 0.228. The predicted octanol–water partition coefficient (Wildman–Crippen LogP) is 6.97. The van der Waals surface area contributed by atoms with E-state index in [1.54, 1.807) is 16.9 Å². The third-order valence-electron chi connectivity index (χ3n) is 7.62. The van der Waals surface area contributed by atoms with Gasteiger partial charge in [-0.1, -0.05) is 52.0 Å². The van der Waals surface area contributed by atoms with Crippen molar-refractivity contribution in [3.05, 3.63) is 76.9 Å². The van der Waals surface area contributed by atoms with Gasteiger partial charge in [0.05, 0.1) is 17.0 Å². The molecule has 3 N–H and O–H groups in total. The molecule has 1 aliphatic carbocycles. The number of aromatic hydroxyl groups is 1. The number of rotatable bonds is 4. The summed E-state index contributed by atoms with van der Waals surface area (Å²) in [6.07, 6.45) is 8.54. The fourth-order valence-corrected chi connectivity index (χ4v) is 6.52. The van der Waals surface area contributed by atoms with Crippen LogP contribution in [0.15, 0.2) is 64.3 Å². The number of nitrogens with two attached hydrogens (primary N) is 1. The lowest BCUT2D eigenvalue weighted by atomic mass is 9.65. The zero-order chi connectivity index (χ0) is 28.4. The molecule has 42 heavy (non-hydrogen) atoms. The van der Waals surface area contributed by atoms with Crippen molar-refractivity contribution in [3.8, 4) is 17.0 Å². The van der Waals surface area contributed by atoms with Gasteiger partial charge in [-0.05, 0) is 53.7 Å². The molecular weight excluding hydrogens is 575 g/mol. The third kappa shape index (κ3) is 5.34. The Hall–Kier alpha value is -3.95. The molecular formula is C31H34Cl2N6O3. The normalized spacial score (nSPS) is 16.4. The van der Waals surface area contributed by atoms with E-state index in [2.05, 4.69) is 48.7 Å². The third-order valence-corrected chi connectivity index (χ3v) is 7.62. The summed E-state index contributed by atoms with van der Waals surface area (Å²) in [5.74, 6) is 0.757. The minimum absolute atomic E-state index is 0. The maximum absolute atomic E-state index is 13.3. The molecule has 0 fully saturated rings. The zero-order valence-corrected chi connectivity index (χ0v) is 25.7. The smallest absolute Gasteiger partial charge is 0.343 e. The van der Waals surface area contributed by atoms with Gasteiger partial charge >= 0.3 is 5.63 Å². The monoisotopic (exact) mass is 608 g/mol. The zero-order valence-electron chi connectivity index (χ0n) is 24.1. The minimum Gasteiger partial charge on any atom is -0.506 e. The Morgan fingerprint density at radius 2 is 1.79 bits per heavy atom. The Balaban J connectivity index is 0.00000202. The second kappa shape index (κ2) is 11.0. The van der Waals surface area contributed by atoms with Crippen molar-refractivity contribution in [1.29, 1.82) is 0 Å². The summed E-state index contributed by atoms with van der Waals surface area (Å²) in [7, 11) is 0. The fourth-order valence-electron chi connectivity index (χ4n) is 6.52. The van der Waals surface area contributed by atoms with Gasteiger partial charge in [0, 0.05) is 17.3 Å². The highest BCUT2D eigenvalue weighted by Gasteiger charge is 2.36. The minimum atomic E-state index is -0.530. The van der Waals surface area contributed by atoms with E-state index < -0.39 is 11.7 Å². The van der Waals surface area contributed by atoms with Crippen LogP contribution in [0.4, 0.5) is 5.82 Å². The Bertz CT molecular complexity index is 1890. The quantitative estimate of drug-likeness (QED) is 0.223. The van der Waals surface area contributed by atoms with Crippen LogP contribution >= 0.6 is 24.8 Å². The molecule has 0 bridgehead atoms. The number of halogens is 2. The molecule has 5 aromatic rings. The lowest BCUT2D eigenvalue weighted by Crippen LogP contribution is -2.27. The summed E-state index contributed by atoms with van der Waals surface area (Å²) in [6, 6.07) is 8.63. The highest BCUT2D eigenvalue weighted by molar-refractivity contribution is 5.98. The highest BCUT2D eigenvalue weighted by Crippen LogP contribution is 2.49. The molecule has 1 unspecified atom stereocenters. The standard InChI is InChI=1S/C31H32N6O3.2ClH/c1-17(37-28-24(27(32)34-16-35-28)25(36-37)18-10-20(38)14-33-13-18)26-23(19-11-30(2,3)15-31(4,5)12-19)21-8-6-7-9-22(21)29(39)40-26;;/h6-11,13-14,16-17,38H,12,15H2,1-5H3,(H2,32,34,35);2*1H. The van der Waals surface area contributed by atoms with E-state index in [-0.39, 0.29) is 47.2 Å². The number of pyridine rings is 1. The molecule has 0 spiro atoms. The van der Waals surface area contributed by atoms with Crippen molar-refractivity contribution in [2.75, 3.05) is 5.73 Å². The number of allylic oxidation sites excluding steroid dienone is 2. The first-order valence-corrected chi connectivity index (χ1v) is 13.3. The van der Waals surface area contributed by atoms with Crippen molar-refractivity contribution in [3.63, 3.8) is 0 Å². The number of benzene rings is 1. The van der Waals surface area contributed by atoms with Crippen molar-refractivity contribution >= 4 is 58.0 Å². The summed E-state index contributed by atoms with van der Waals surface area (Å²) in [5, 5.41) is 16.9. The SMILES string of the molecule is CC(c1oc(=O)c2ccccc2c1C1=CC(C)(C)CC(C)(C)C1)n1nc(-c2cncc(O)c2)c2c(N)ncnc21.Cl.Cl. The molecule has 4 heterocycles. The second-order valence-electron chi connectivity index (χ2n) is 12.2. The topological polar surface area (TPSA) is 133 Å². The van der Waals surface area contributed by atoms with E-state index >= 15 is 0 Å². The summed E-state index contributed by atoms with van der Waals surface area (Å²) in [4.78, 5) is 26.1. The Labute approximate surface area is 255 Å². The molecule has 0 saturated heterocycles. The molecule has 220 valence electrons. The molecule has 0 amide bonds. The van der Waals surface area contributed by atoms with Crippen molar-refractivity contribution in [1.82, 2.24) is 24.7 Å². The van der Waals surface area contributed by atoms with Gasteiger partial charge in [-0.25, -0.2) is 19.4 Å². The number of hydrogen-bond donors (Lipinski definition) is 2. The van der Waals surface area contributed by atoms with Gasteiger partial charge in [-0.3, -0.25) is 4.98 Å². The largest absolute Gasteiger partial charge is 0.506 e. The molecule has 1 atom stereocenters. The molecule has 1 aromatic carbocycles. The predicted molar refractivity (Wildman–Crippen MR) is 170 cm³/mol. The number of aromatic nitrogens is 5. The van der Waals surface area contributed by atoms with Crippen LogP contribution in [0.5, 0.6) is 5.75 Å². The van der Waals surface area contributed by atoms with E-state index in [1.165, 1.54) is 12.5 Å². The summed E-state index contributed by atoms with van der Waals surface area (Å²) in [5.41, 5.74) is 9.52. The second-order valence-corrected chi connectivity index (χ2v) is 12.2. The number of hydrogen-bond acceptors (Lipinski definition) is 8. The number of fused-ring (bicyclic) bond motifs is 2. The van der Waals surface area contributed by atoms with Crippen LogP contribution in [-0.2, 0) is 0 Å². The lowest BCUT2D eigenvalue weighted by Gasteiger charge is -2.40. The maximum atomic E-state index is 13.3. The van der Waals surface area contributed by atoms with Gasteiger partial charge in [-0.15, -0.1) is 24.8 Å². The Kier molecular flexibility index (Phi) is 8.15. The first kappa shape index (κ1) is 31.0. The molecule has 9 nitrogen and oxygen atoms in total. The molecule has 0 saturated carbocycles. The van der Waals surface area contributed by atoms with Gasteiger partial charge < -0.3 is 15.3 Å². The number of anilines is 1. The van der Waals surface area contributed by atoms with E-state index in [9.17, 15) is 9.90 Å². The van der Waals surface area contributed by atoms with Crippen LogP contribution in [0.2, 0.25) is 0 Å². The first-order valence-electron chi connectivity index (χ1n) is 13.3. The van der Waals surface area contributed by atoms with E-state index in [4.69, 9.17) is 15.2 Å². The van der Waals surface area contributed by atoms with Crippen LogP contribution in [-0.4, -0.2) is 29.8 Å². The number of nitrogens with zero attached hydrogens (tertiary/aromatic N) is 5. The van der Waals surface area contributed by atoms with Crippen LogP contribution in [0, 0.1) is 10.8 Å².